The fraction of sp³-hybridized carbons (Fsp3) is 0.933. The molecule has 18 heavy (non-hydrogen) atoms. The average molecular weight is 252 g/mol. The predicted molar refractivity (Wildman–Crippen MR) is 74.1 cm³/mol. The van der Waals surface area contributed by atoms with Crippen LogP contribution in [0.25, 0.3) is 0 Å². The molecule has 1 saturated heterocycles. The zero-order valence-electron chi connectivity index (χ0n) is 12.2. The van der Waals surface area contributed by atoms with Gasteiger partial charge in [0.15, 0.2) is 0 Å². The van der Waals surface area contributed by atoms with Crippen LogP contribution < -0.4 is 5.73 Å². The van der Waals surface area contributed by atoms with E-state index >= 15 is 0 Å². The van der Waals surface area contributed by atoms with Crippen molar-refractivity contribution >= 4 is 5.91 Å². The van der Waals surface area contributed by atoms with Gasteiger partial charge in [-0.05, 0) is 43.9 Å². The summed E-state index contributed by atoms with van der Waals surface area (Å²) in [6, 6.07) is 0. The number of piperidine rings is 1. The zero-order chi connectivity index (χ0) is 13.4. The number of carbonyl (C=O) groups excluding carboxylic acids is 1. The lowest BCUT2D eigenvalue weighted by Gasteiger charge is -2.53. The summed E-state index contributed by atoms with van der Waals surface area (Å²) in [7, 11) is 0. The van der Waals surface area contributed by atoms with Gasteiger partial charge in [-0.2, -0.15) is 0 Å². The first-order chi connectivity index (χ1) is 8.41. The molecule has 0 aromatic carbocycles. The maximum Gasteiger partial charge on any atom is 0.242 e. The molecule has 2 atom stereocenters. The Morgan fingerprint density at radius 3 is 2.67 bits per heavy atom. The highest BCUT2D eigenvalue weighted by molar-refractivity contribution is 5.85. The van der Waals surface area contributed by atoms with Crippen LogP contribution in [-0.2, 0) is 4.79 Å². The van der Waals surface area contributed by atoms with Gasteiger partial charge in [-0.25, -0.2) is 0 Å². The largest absolute Gasteiger partial charge is 0.341 e. The van der Waals surface area contributed by atoms with Crippen LogP contribution in [0, 0.1) is 11.3 Å². The van der Waals surface area contributed by atoms with Crippen LogP contribution in [0.4, 0.5) is 0 Å². The normalized spacial score (nSPS) is 29.8. The molecule has 2 fully saturated rings. The Labute approximate surface area is 111 Å². The number of hydrogen-bond donors (Lipinski definition) is 1. The second-order valence-electron chi connectivity index (χ2n) is 6.80. The van der Waals surface area contributed by atoms with Crippen LogP contribution in [0.3, 0.4) is 0 Å². The topological polar surface area (TPSA) is 46.3 Å². The highest BCUT2D eigenvalue weighted by Gasteiger charge is 2.47. The van der Waals surface area contributed by atoms with E-state index in [0.29, 0.717) is 5.41 Å². The number of likely N-dealkylation sites (tertiary alicyclic amines) is 1. The molecule has 2 aliphatic rings. The monoisotopic (exact) mass is 252 g/mol. The first kappa shape index (κ1) is 13.9. The summed E-state index contributed by atoms with van der Waals surface area (Å²) in [6.07, 6.45) is 6.83. The molecule has 104 valence electrons. The van der Waals surface area contributed by atoms with E-state index < -0.39 is 5.54 Å². The lowest BCUT2D eigenvalue weighted by Crippen LogP contribution is -2.60. The summed E-state index contributed by atoms with van der Waals surface area (Å²) in [4.78, 5) is 14.6. The number of hydrogen-bond acceptors (Lipinski definition) is 2. The van der Waals surface area contributed by atoms with Crippen molar-refractivity contribution in [3.05, 3.63) is 0 Å². The quantitative estimate of drug-likeness (QED) is 0.839. The molecule has 1 saturated carbocycles. The third-order valence-corrected chi connectivity index (χ3v) is 5.28. The van der Waals surface area contributed by atoms with Gasteiger partial charge in [-0.3, -0.25) is 4.79 Å². The average Bonchev–Trinajstić information content (AvgIpc) is 2.26. The molecule has 2 unspecified atom stereocenters. The molecule has 3 nitrogen and oxygen atoms in total. The predicted octanol–water partition coefficient (Wildman–Crippen LogP) is 2.54. The van der Waals surface area contributed by atoms with E-state index in [1.807, 2.05) is 6.92 Å². The van der Waals surface area contributed by atoms with Crippen LogP contribution in [0.1, 0.15) is 59.3 Å². The van der Waals surface area contributed by atoms with Crippen molar-refractivity contribution in [2.45, 2.75) is 64.8 Å². The molecular formula is C15H28N2O. The first-order valence-corrected chi connectivity index (χ1v) is 7.49. The number of nitrogens with two attached hydrogens (primary N) is 1. The summed E-state index contributed by atoms with van der Waals surface area (Å²) in [5.41, 5.74) is 5.95. The molecule has 0 radical (unpaired) electrons. The van der Waals surface area contributed by atoms with Crippen molar-refractivity contribution in [2.24, 2.45) is 17.1 Å². The second kappa shape index (κ2) is 4.84. The van der Waals surface area contributed by atoms with Crippen molar-refractivity contribution in [1.29, 1.82) is 0 Å². The molecule has 1 amide bonds. The molecule has 2 rings (SSSR count). The van der Waals surface area contributed by atoms with Crippen LogP contribution in [-0.4, -0.2) is 29.4 Å². The fourth-order valence-electron chi connectivity index (χ4n) is 3.71. The first-order valence-electron chi connectivity index (χ1n) is 7.49. The van der Waals surface area contributed by atoms with Gasteiger partial charge in [0.25, 0.3) is 0 Å². The Kier molecular flexibility index (Phi) is 3.72. The summed E-state index contributed by atoms with van der Waals surface area (Å²) in [5.74, 6) is 0.938. The molecule has 2 N–H and O–H groups in total. The van der Waals surface area contributed by atoms with E-state index in [0.717, 1.165) is 38.3 Å². The second-order valence-corrected chi connectivity index (χ2v) is 6.80. The highest BCUT2D eigenvalue weighted by atomic mass is 16.2. The van der Waals surface area contributed by atoms with Gasteiger partial charge < -0.3 is 10.6 Å². The summed E-state index contributed by atoms with van der Waals surface area (Å²) >= 11 is 0. The smallest absolute Gasteiger partial charge is 0.242 e. The van der Waals surface area contributed by atoms with Crippen LogP contribution in [0.5, 0.6) is 0 Å². The number of nitrogens with zero attached hydrogens (tertiary/aromatic N) is 1. The minimum Gasteiger partial charge on any atom is -0.341 e. The molecule has 0 bridgehead atoms. The Morgan fingerprint density at radius 2 is 2.17 bits per heavy atom. The van der Waals surface area contributed by atoms with Crippen molar-refractivity contribution in [3.8, 4) is 0 Å². The van der Waals surface area contributed by atoms with Crippen molar-refractivity contribution in [1.82, 2.24) is 4.90 Å². The van der Waals surface area contributed by atoms with Gasteiger partial charge in [-0.15, -0.1) is 0 Å². The van der Waals surface area contributed by atoms with E-state index in [1.165, 1.54) is 19.3 Å². The minimum atomic E-state index is -0.666. The molecule has 3 heteroatoms. The van der Waals surface area contributed by atoms with Gasteiger partial charge in [0.05, 0.1) is 5.54 Å². The van der Waals surface area contributed by atoms with Gasteiger partial charge in [0.2, 0.25) is 5.91 Å². The Hall–Kier alpha value is -0.570. The Bertz CT molecular complexity index is 320. The van der Waals surface area contributed by atoms with E-state index in [1.54, 1.807) is 0 Å². The zero-order valence-corrected chi connectivity index (χ0v) is 12.2. The van der Waals surface area contributed by atoms with E-state index in [-0.39, 0.29) is 5.91 Å². The third kappa shape index (κ3) is 2.29. The highest BCUT2D eigenvalue weighted by Crippen LogP contribution is 2.51. The van der Waals surface area contributed by atoms with Gasteiger partial charge >= 0.3 is 0 Å². The summed E-state index contributed by atoms with van der Waals surface area (Å²) in [5, 5.41) is 0. The number of rotatable bonds is 3. The maximum atomic E-state index is 12.5. The molecule has 1 aliphatic heterocycles. The van der Waals surface area contributed by atoms with E-state index in [9.17, 15) is 4.79 Å². The SMILES string of the molecule is CCCC(C)(N)C(=O)N1CCC(C)C2(CCC2)C1. The number of amides is 1. The fourth-order valence-corrected chi connectivity index (χ4v) is 3.71. The van der Waals surface area contributed by atoms with Crippen LogP contribution in [0.15, 0.2) is 0 Å². The standard InChI is InChI=1S/C15H28N2O/c1-4-7-14(3,16)13(18)17-10-6-12(2)15(11-17)8-5-9-15/h12H,4-11,16H2,1-3H3. The molecule has 1 heterocycles. The molecular weight excluding hydrogens is 224 g/mol. The Balaban J connectivity index is 2.04. The molecule has 0 aromatic rings. The van der Waals surface area contributed by atoms with Crippen LogP contribution in [0.2, 0.25) is 0 Å². The maximum absolute atomic E-state index is 12.5. The third-order valence-electron chi connectivity index (χ3n) is 5.28. The summed E-state index contributed by atoms with van der Waals surface area (Å²) < 4.78 is 0. The lowest BCUT2D eigenvalue weighted by molar-refractivity contribution is -0.144. The van der Waals surface area contributed by atoms with Gasteiger partial charge in [-0.1, -0.05) is 26.7 Å². The minimum absolute atomic E-state index is 0.169. The molecule has 1 spiro atoms. The van der Waals surface area contributed by atoms with Crippen molar-refractivity contribution < 1.29 is 4.79 Å². The van der Waals surface area contributed by atoms with Gasteiger partial charge in [0.1, 0.15) is 0 Å². The van der Waals surface area contributed by atoms with Gasteiger partial charge in [0, 0.05) is 13.1 Å². The number of carbonyl (C=O) groups is 1. The molecule has 0 aromatic heterocycles. The van der Waals surface area contributed by atoms with Crippen molar-refractivity contribution in [3.63, 3.8) is 0 Å². The Morgan fingerprint density at radius 1 is 1.50 bits per heavy atom. The van der Waals surface area contributed by atoms with E-state index in [4.69, 9.17) is 5.73 Å². The summed E-state index contributed by atoms with van der Waals surface area (Å²) in [6.45, 7) is 8.19. The lowest BCUT2D eigenvalue weighted by atomic mass is 9.59. The molecule has 1 aliphatic carbocycles. The van der Waals surface area contributed by atoms with Crippen molar-refractivity contribution in [2.75, 3.05) is 13.1 Å². The van der Waals surface area contributed by atoms with E-state index in [2.05, 4.69) is 18.7 Å². The van der Waals surface area contributed by atoms with Crippen LogP contribution >= 0.6 is 0 Å².